The Hall–Kier alpha value is -2.53. The van der Waals surface area contributed by atoms with E-state index in [4.69, 9.17) is 16.3 Å². The summed E-state index contributed by atoms with van der Waals surface area (Å²) >= 11 is 5.87. The molecule has 1 atom stereocenters. The van der Waals surface area contributed by atoms with Crippen LogP contribution in [0.4, 0.5) is 5.69 Å². The van der Waals surface area contributed by atoms with Gasteiger partial charge in [0.25, 0.3) is 17.4 Å². The number of ether oxygens (including phenoxy) is 1. The number of carbonyl (C=O) groups excluding carboxylic acids is 2. The number of rotatable bonds is 3. The van der Waals surface area contributed by atoms with Crippen LogP contribution < -0.4 is 10.1 Å². The smallest absolute Gasteiger partial charge is 0.278 e. The number of fused-ring (bicyclic) bond motifs is 1. The maximum Gasteiger partial charge on any atom is 0.278 e. The van der Waals surface area contributed by atoms with Gasteiger partial charge in [-0.1, -0.05) is 35.9 Å². The zero-order valence-electron chi connectivity index (χ0n) is 13.4. The quantitative estimate of drug-likeness (QED) is 0.870. The molecule has 3 rings (SSSR count). The minimum Gasteiger partial charge on any atom is -0.466 e. The first-order valence-electron chi connectivity index (χ1n) is 7.49. The molecule has 1 heterocycles. The van der Waals surface area contributed by atoms with E-state index in [1.807, 2.05) is 12.1 Å². The van der Waals surface area contributed by atoms with E-state index in [9.17, 15) is 9.59 Å². The molecule has 24 heavy (non-hydrogen) atoms. The van der Waals surface area contributed by atoms with Crippen LogP contribution in [0.5, 0.6) is 5.75 Å². The van der Waals surface area contributed by atoms with Crippen molar-refractivity contribution in [1.29, 1.82) is 0 Å². The second kappa shape index (κ2) is 6.17. The normalized spacial score (nSPS) is 19.0. The van der Waals surface area contributed by atoms with E-state index in [0.717, 1.165) is 5.56 Å². The number of hydrogen-bond acceptors (Lipinski definition) is 3. The maximum absolute atomic E-state index is 12.8. The summed E-state index contributed by atoms with van der Waals surface area (Å²) in [5, 5.41) is 3.36. The summed E-state index contributed by atoms with van der Waals surface area (Å²) in [5.74, 6) is -0.411. The Bertz CT molecular complexity index is 791. The summed E-state index contributed by atoms with van der Waals surface area (Å²) in [5.41, 5.74) is -0.126. The topological polar surface area (TPSA) is 58.6 Å². The van der Waals surface area contributed by atoms with Crippen LogP contribution in [0.15, 0.2) is 48.5 Å². The van der Waals surface area contributed by atoms with Crippen molar-refractivity contribution >= 4 is 29.1 Å². The largest absolute Gasteiger partial charge is 0.466 e. The van der Waals surface area contributed by atoms with E-state index in [-0.39, 0.29) is 0 Å². The number of benzene rings is 2. The average Bonchev–Trinajstić information content (AvgIpc) is 2.57. The lowest BCUT2D eigenvalue weighted by atomic mass is 10.0. The van der Waals surface area contributed by atoms with Crippen molar-refractivity contribution in [1.82, 2.24) is 4.90 Å². The maximum atomic E-state index is 12.8. The molecule has 124 valence electrons. The molecule has 2 aromatic rings. The highest BCUT2D eigenvalue weighted by Crippen LogP contribution is 2.34. The molecular formula is C18H17ClN2O3. The van der Waals surface area contributed by atoms with Gasteiger partial charge in [-0.25, -0.2) is 0 Å². The number of nitrogens with one attached hydrogen (secondary N) is 1. The van der Waals surface area contributed by atoms with Crippen molar-refractivity contribution in [2.24, 2.45) is 0 Å². The highest BCUT2D eigenvalue weighted by atomic mass is 35.5. The average molecular weight is 345 g/mol. The van der Waals surface area contributed by atoms with E-state index in [1.54, 1.807) is 43.4 Å². The van der Waals surface area contributed by atoms with E-state index in [1.165, 1.54) is 11.8 Å². The Morgan fingerprint density at radius 3 is 2.58 bits per heavy atom. The van der Waals surface area contributed by atoms with Crippen LogP contribution in [-0.2, 0) is 16.1 Å². The highest BCUT2D eigenvalue weighted by molar-refractivity contribution is 6.30. The summed E-state index contributed by atoms with van der Waals surface area (Å²) in [4.78, 5) is 26.7. The second-order valence-electron chi connectivity index (χ2n) is 5.87. The van der Waals surface area contributed by atoms with Crippen molar-refractivity contribution in [3.8, 4) is 5.75 Å². The van der Waals surface area contributed by atoms with Gasteiger partial charge in [0.15, 0.2) is 0 Å². The summed E-state index contributed by atoms with van der Waals surface area (Å²) in [6.07, 6.45) is 0. The fourth-order valence-electron chi connectivity index (χ4n) is 2.61. The third kappa shape index (κ3) is 2.95. The van der Waals surface area contributed by atoms with E-state index < -0.39 is 17.4 Å². The molecule has 1 aliphatic rings. The minimum atomic E-state index is -1.60. The zero-order chi connectivity index (χ0) is 17.3. The van der Waals surface area contributed by atoms with E-state index in [2.05, 4.69) is 5.32 Å². The first-order chi connectivity index (χ1) is 11.4. The summed E-state index contributed by atoms with van der Waals surface area (Å²) < 4.78 is 5.75. The number of halogens is 1. The number of para-hydroxylation sites is 2. The lowest BCUT2D eigenvalue weighted by Gasteiger charge is -2.35. The Kier molecular flexibility index (Phi) is 4.20. The van der Waals surface area contributed by atoms with Crippen molar-refractivity contribution in [3.63, 3.8) is 0 Å². The number of likely N-dealkylation sites (N-methyl/N-ethyl adjacent to an activating group) is 1. The molecule has 6 heteroatoms. The molecule has 2 aromatic carbocycles. The molecule has 0 aromatic heterocycles. The van der Waals surface area contributed by atoms with Crippen LogP contribution in [0.1, 0.15) is 12.5 Å². The van der Waals surface area contributed by atoms with Gasteiger partial charge in [0.2, 0.25) is 0 Å². The van der Waals surface area contributed by atoms with Crippen LogP contribution in [0.2, 0.25) is 5.02 Å². The first-order valence-corrected chi connectivity index (χ1v) is 7.87. The van der Waals surface area contributed by atoms with Gasteiger partial charge in [-0.05, 0) is 36.8 Å². The van der Waals surface area contributed by atoms with Crippen LogP contribution in [-0.4, -0.2) is 29.4 Å². The second-order valence-corrected chi connectivity index (χ2v) is 6.31. The van der Waals surface area contributed by atoms with Crippen molar-refractivity contribution in [3.05, 3.63) is 59.1 Å². The van der Waals surface area contributed by atoms with Crippen molar-refractivity contribution in [2.45, 2.75) is 19.1 Å². The molecule has 0 radical (unpaired) electrons. The molecule has 1 aliphatic heterocycles. The molecule has 1 unspecified atom stereocenters. The molecule has 5 nitrogen and oxygen atoms in total. The molecular weight excluding hydrogens is 328 g/mol. The highest BCUT2D eigenvalue weighted by Gasteiger charge is 2.48. The van der Waals surface area contributed by atoms with Crippen LogP contribution in [0, 0.1) is 0 Å². The van der Waals surface area contributed by atoms with E-state index in [0.29, 0.717) is 23.0 Å². The van der Waals surface area contributed by atoms with Gasteiger partial charge in [0.05, 0.1) is 5.69 Å². The lowest BCUT2D eigenvalue weighted by molar-refractivity contribution is -0.154. The minimum absolute atomic E-state index is 0.351. The predicted octanol–water partition coefficient (Wildman–Crippen LogP) is 3.09. The fraction of sp³-hybridized carbons (Fsp3) is 0.222. The molecule has 0 spiro atoms. The lowest BCUT2D eigenvalue weighted by Crippen LogP contribution is -2.58. The third-order valence-corrected chi connectivity index (χ3v) is 4.22. The van der Waals surface area contributed by atoms with Crippen LogP contribution >= 0.6 is 11.6 Å². The summed E-state index contributed by atoms with van der Waals surface area (Å²) in [6.45, 7) is 1.84. The first kappa shape index (κ1) is 16.3. The molecule has 0 fully saturated rings. The summed E-state index contributed by atoms with van der Waals surface area (Å²) in [7, 11) is 1.64. The number of hydrogen-bond donors (Lipinski definition) is 1. The molecule has 0 saturated carbocycles. The van der Waals surface area contributed by atoms with Crippen molar-refractivity contribution < 1.29 is 14.3 Å². The Balaban J connectivity index is 1.80. The Morgan fingerprint density at radius 1 is 1.21 bits per heavy atom. The van der Waals surface area contributed by atoms with Crippen LogP contribution in [0.3, 0.4) is 0 Å². The molecule has 0 bridgehead atoms. The SMILES string of the molecule is CN(Cc1ccc(Cl)cc1)C(=O)C1(C)Oc2ccccc2NC1=O. The summed E-state index contributed by atoms with van der Waals surface area (Å²) in [6, 6.07) is 14.2. The van der Waals surface area contributed by atoms with E-state index >= 15 is 0 Å². The van der Waals surface area contributed by atoms with Gasteiger partial charge in [-0.2, -0.15) is 0 Å². The van der Waals surface area contributed by atoms with Gasteiger partial charge >= 0.3 is 0 Å². The number of nitrogens with zero attached hydrogens (tertiary/aromatic N) is 1. The van der Waals surface area contributed by atoms with Gasteiger partial charge < -0.3 is 15.0 Å². The molecule has 0 saturated heterocycles. The molecule has 1 N–H and O–H groups in total. The number of carbonyl (C=O) groups is 2. The van der Waals surface area contributed by atoms with Gasteiger partial charge in [0, 0.05) is 18.6 Å². The number of anilines is 1. The zero-order valence-corrected chi connectivity index (χ0v) is 14.1. The Morgan fingerprint density at radius 2 is 1.88 bits per heavy atom. The van der Waals surface area contributed by atoms with Crippen molar-refractivity contribution in [2.75, 3.05) is 12.4 Å². The molecule has 0 aliphatic carbocycles. The standard InChI is InChI=1S/C18H17ClN2O3/c1-18(16(22)20-14-5-3-4-6-15(14)24-18)17(23)21(2)11-12-7-9-13(19)10-8-12/h3-10H,11H2,1-2H3,(H,20,22). The monoisotopic (exact) mass is 344 g/mol. The van der Waals surface area contributed by atoms with Gasteiger partial charge in [-0.15, -0.1) is 0 Å². The van der Waals surface area contributed by atoms with Gasteiger partial charge in [0.1, 0.15) is 5.75 Å². The third-order valence-electron chi connectivity index (χ3n) is 3.97. The van der Waals surface area contributed by atoms with Crippen LogP contribution in [0.25, 0.3) is 0 Å². The van der Waals surface area contributed by atoms with Gasteiger partial charge in [-0.3, -0.25) is 9.59 Å². The fourth-order valence-corrected chi connectivity index (χ4v) is 2.73. The Labute approximate surface area is 145 Å². The molecule has 2 amide bonds. The number of amides is 2. The predicted molar refractivity (Wildman–Crippen MR) is 92.0 cm³/mol.